The first-order valence-electron chi connectivity index (χ1n) is 9.80. The van der Waals surface area contributed by atoms with Crippen LogP contribution in [0, 0.1) is 0 Å². The van der Waals surface area contributed by atoms with E-state index in [1.807, 2.05) is 0 Å². The number of piperidine rings is 1. The Hall–Kier alpha value is -1.98. The highest BCUT2D eigenvalue weighted by atomic mass is 16.5. The van der Waals surface area contributed by atoms with E-state index in [0.717, 1.165) is 56.5 Å². The molecule has 0 bridgehead atoms. The summed E-state index contributed by atoms with van der Waals surface area (Å²) in [6, 6.07) is 11.4. The van der Waals surface area contributed by atoms with Gasteiger partial charge in [0.25, 0.3) is 0 Å². The summed E-state index contributed by atoms with van der Waals surface area (Å²) in [5, 5.41) is 0. The number of hydrogen-bond donors (Lipinski definition) is 0. The molecule has 5 heteroatoms. The van der Waals surface area contributed by atoms with Crippen molar-refractivity contribution in [1.29, 1.82) is 0 Å². The second kappa shape index (κ2) is 8.14. The summed E-state index contributed by atoms with van der Waals surface area (Å²) < 4.78 is 5.46. The van der Waals surface area contributed by atoms with Gasteiger partial charge >= 0.3 is 0 Å². The zero-order valence-corrected chi connectivity index (χ0v) is 15.6. The SMILES string of the molecule is C[C@@H](c1ccc(-c2cc(N3CCCCC3)ncn2)cc1)N1CCOCC1. The number of hydrogen-bond acceptors (Lipinski definition) is 5. The molecular formula is C21H28N4O. The summed E-state index contributed by atoms with van der Waals surface area (Å²) in [5.74, 6) is 1.06. The molecule has 138 valence electrons. The van der Waals surface area contributed by atoms with Crippen molar-refractivity contribution < 1.29 is 4.74 Å². The number of rotatable bonds is 4. The number of aromatic nitrogens is 2. The summed E-state index contributed by atoms with van der Waals surface area (Å²) >= 11 is 0. The van der Waals surface area contributed by atoms with E-state index < -0.39 is 0 Å². The Morgan fingerprint density at radius 3 is 2.38 bits per heavy atom. The Morgan fingerprint density at radius 2 is 1.65 bits per heavy atom. The summed E-state index contributed by atoms with van der Waals surface area (Å²) in [6.45, 7) is 8.17. The molecule has 0 radical (unpaired) electrons. The van der Waals surface area contributed by atoms with Crippen LogP contribution in [0.5, 0.6) is 0 Å². The largest absolute Gasteiger partial charge is 0.379 e. The molecule has 1 atom stereocenters. The van der Waals surface area contributed by atoms with Gasteiger partial charge in [0.1, 0.15) is 12.1 Å². The van der Waals surface area contributed by atoms with E-state index in [9.17, 15) is 0 Å². The van der Waals surface area contributed by atoms with E-state index in [-0.39, 0.29) is 0 Å². The maximum atomic E-state index is 5.46. The average Bonchev–Trinajstić information content (AvgIpc) is 2.75. The van der Waals surface area contributed by atoms with Crippen LogP contribution in [0.25, 0.3) is 11.3 Å². The van der Waals surface area contributed by atoms with Gasteiger partial charge in [0.15, 0.2) is 0 Å². The highest BCUT2D eigenvalue weighted by molar-refractivity contribution is 5.63. The third-order valence-corrected chi connectivity index (χ3v) is 5.61. The average molecular weight is 352 g/mol. The van der Waals surface area contributed by atoms with Crippen LogP contribution in [0.3, 0.4) is 0 Å². The van der Waals surface area contributed by atoms with Gasteiger partial charge in [0.2, 0.25) is 0 Å². The maximum absolute atomic E-state index is 5.46. The van der Waals surface area contributed by atoms with Crippen molar-refractivity contribution in [2.24, 2.45) is 0 Å². The van der Waals surface area contributed by atoms with Gasteiger partial charge < -0.3 is 9.64 Å². The third-order valence-electron chi connectivity index (χ3n) is 5.61. The minimum atomic E-state index is 0.419. The van der Waals surface area contributed by atoms with Crippen molar-refractivity contribution in [3.63, 3.8) is 0 Å². The minimum absolute atomic E-state index is 0.419. The third kappa shape index (κ3) is 3.89. The molecule has 2 aliphatic rings. The van der Waals surface area contributed by atoms with Crippen LogP contribution in [0.2, 0.25) is 0 Å². The lowest BCUT2D eigenvalue weighted by Gasteiger charge is -2.32. The summed E-state index contributed by atoms with van der Waals surface area (Å²) in [5.41, 5.74) is 3.51. The first-order chi connectivity index (χ1) is 12.8. The fourth-order valence-corrected chi connectivity index (χ4v) is 3.91. The lowest BCUT2D eigenvalue weighted by Crippen LogP contribution is -2.37. The molecule has 0 amide bonds. The first kappa shape index (κ1) is 17.4. The van der Waals surface area contributed by atoms with Crippen LogP contribution in [0.15, 0.2) is 36.7 Å². The molecule has 2 aliphatic heterocycles. The highest BCUT2D eigenvalue weighted by Gasteiger charge is 2.18. The van der Waals surface area contributed by atoms with E-state index in [1.54, 1.807) is 6.33 Å². The minimum Gasteiger partial charge on any atom is -0.379 e. The van der Waals surface area contributed by atoms with Crippen LogP contribution in [0.1, 0.15) is 37.8 Å². The van der Waals surface area contributed by atoms with Crippen LogP contribution < -0.4 is 4.90 Å². The molecule has 1 aromatic carbocycles. The van der Waals surface area contributed by atoms with Gasteiger partial charge in [-0.15, -0.1) is 0 Å². The van der Waals surface area contributed by atoms with Crippen molar-refractivity contribution >= 4 is 5.82 Å². The molecule has 5 nitrogen and oxygen atoms in total. The standard InChI is InChI=1S/C21H28N4O/c1-17(24-11-13-26-14-12-24)18-5-7-19(8-6-18)20-15-21(23-16-22-20)25-9-3-2-4-10-25/h5-8,15-17H,2-4,9-14H2,1H3/t17-/m0/s1. The lowest BCUT2D eigenvalue weighted by atomic mass is 10.0. The zero-order valence-electron chi connectivity index (χ0n) is 15.6. The maximum Gasteiger partial charge on any atom is 0.132 e. The van der Waals surface area contributed by atoms with E-state index in [2.05, 4.69) is 57.0 Å². The topological polar surface area (TPSA) is 41.5 Å². The molecule has 4 rings (SSSR count). The van der Waals surface area contributed by atoms with Gasteiger partial charge in [-0.2, -0.15) is 0 Å². The van der Waals surface area contributed by atoms with Gasteiger partial charge in [0.05, 0.1) is 18.9 Å². The van der Waals surface area contributed by atoms with E-state index in [4.69, 9.17) is 4.74 Å². The van der Waals surface area contributed by atoms with Gasteiger partial charge in [0, 0.05) is 43.9 Å². The van der Waals surface area contributed by atoms with Crippen molar-refractivity contribution in [3.8, 4) is 11.3 Å². The summed E-state index contributed by atoms with van der Waals surface area (Å²) in [7, 11) is 0. The van der Waals surface area contributed by atoms with Gasteiger partial charge in [-0.1, -0.05) is 24.3 Å². The van der Waals surface area contributed by atoms with Crippen molar-refractivity contribution in [2.75, 3.05) is 44.3 Å². The number of benzene rings is 1. The Kier molecular flexibility index (Phi) is 5.46. The predicted octanol–water partition coefficient (Wildman–Crippen LogP) is 3.53. The second-order valence-electron chi connectivity index (χ2n) is 7.26. The van der Waals surface area contributed by atoms with Gasteiger partial charge in [-0.05, 0) is 31.7 Å². The molecular weight excluding hydrogens is 324 g/mol. The molecule has 0 spiro atoms. The first-order valence-corrected chi connectivity index (χ1v) is 9.80. The van der Waals surface area contributed by atoms with Crippen molar-refractivity contribution in [3.05, 3.63) is 42.2 Å². The van der Waals surface area contributed by atoms with Crippen molar-refractivity contribution in [2.45, 2.75) is 32.2 Å². The molecule has 26 heavy (non-hydrogen) atoms. The molecule has 2 saturated heterocycles. The summed E-state index contributed by atoms with van der Waals surface area (Å²) in [6.07, 6.45) is 5.54. The molecule has 2 aromatic rings. The smallest absolute Gasteiger partial charge is 0.132 e. The van der Waals surface area contributed by atoms with E-state index in [0.29, 0.717) is 6.04 Å². The van der Waals surface area contributed by atoms with Gasteiger partial charge in [-0.25, -0.2) is 9.97 Å². The normalized spacial score (nSPS) is 20.1. The zero-order chi connectivity index (χ0) is 17.8. The van der Waals surface area contributed by atoms with Crippen LogP contribution in [-0.4, -0.2) is 54.3 Å². The predicted molar refractivity (Wildman–Crippen MR) is 104 cm³/mol. The Labute approximate surface area is 156 Å². The van der Waals surface area contributed by atoms with Crippen LogP contribution in [0.4, 0.5) is 5.82 Å². The Morgan fingerprint density at radius 1 is 0.923 bits per heavy atom. The van der Waals surface area contributed by atoms with Crippen LogP contribution >= 0.6 is 0 Å². The molecule has 0 saturated carbocycles. The number of nitrogens with zero attached hydrogens (tertiary/aromatic N) is 4. The Bertz CT molecular complexity index is 706. The number of morpholine rings is 1. The van der Waals surface area contributed by atoms with E-state index >= 15 is 0 Å². The quantitative estimate of drug-likeness (QED) is 0.842. The molecule has 3 heterocycles. The molecule has 0 N–H and O–H groups in total. The fourth-order valence-electron chi connectivity index (χ4n) is 3.91. The van der Waals surface area contributed by atoms with Gasteiger partial charge in [-0.3, -0.25) is 4.90 Å². The monoisotopic (exact) mass is 352 g/mol. The highest BCUT2D eigenvalue weighted by Crippen LogP contribution is 2.26. The molecule has 2 fully saturated rings. The second-order valence-corrected chi connectivity index (χ2v) is 7.26. The molecule has 0 unspecified atom stereocenters. The van der Waals surface area contributed by atoms with Crippen molar-refractivity contribution in [1.82, 2.24) is 14.9 Å². The number of anilines is 1. The lowest BCUT2D eigenvalue weighted by molar-refractivity contribution is 0.0198. The molecule has 0 aliphatic carbocycles. The molecule has 1 aromatic heterocycles. The summed E-state index contributed by atoms with van der Waals surface area (Å²) in [4.78, 5) is 13.9. The van der Waals surface area contributed by atoms with Crippen LogP contribution in [-0.2, 0) is 4.74 Å². The van der Waals surface area contributed by atoms with E-state index in [1.165, 1.54) is 24.8 Å². The number of ether oxygens (including phenoxy) is 1. The Balaban J connectivity index is 1.49. The fraction of sp³-hybridized carbons (Fsp3) is 0.524.